The maximum atomic E-state index is 8.71. The van der Waals surface area contributed by atoms with Gasteiger partial charge in [0.25, 0.3) is 0 Å². The Morgan fingerprint density at radius 1 is 1.40 bits per heavy atom. The van der Waals surface area contributed by atoms with Gasteiger partial charge in [-0.05, 0) is 24.3 Å². The fourth-order valence-electron chi connectivity index (χ4n) is 1.47. The molecule has 0 bridgehead atoms. The molecule has 2 heterocycles. The predicted octanol–water partition coefficient (Wildman–Crippen LogP) is 1.42. The van der Waals surface area contributed by atoms with Gasteiger partial charge in [-0.2, -0.15) is 0 Å². The summed E-state index contributed by atoms with van der Waals surface area (Å²) in [6.45, 7) is 0. The first kappa shape index (κ1) is 9.39. The van der Waals surface area contributed by atoms with Crippen molar-refractivity contribution in [3.05, 3.63) is 48.7 Å². The van der Waals surface area contributed by atoms with Crippen molar-refractivity contribution >= 4 is 5.84 Å². The van der Waals surface area contributed by atoms with E-state index < -0.39 is 6.04 Å². The zero-order valence-electron chi connectivity index (χ0n) is 7.95. The lowest BCUT2D eigenvalue weighted by Crippen LogP contribution is -2.26. The van der Waals surface area contributed by atoms with Crippen molar-refractivity contribution in [2.45, 2.75) is 6.04 Å². The highest BCUT2D eigenvalue weighted by molar-refractivity contribution is 5.86. The Balaban J connectivity index is 2.42. The fourth-order valence-corrected chi connectivity index (χ4v) is 1.47. The molecule has 0 aliphatic rings. The summed E-state index contributed by atoms with van der Waals surface area (Å²) in [4.78, 5) is 0. The largest absolute Gasteiger partial charge is 0.467 e. The van der Waals surface area contributed by atoms with Gasteiger partial charge in [-0.25, -0.2) is 0 Å². The Labute approximate surface area is 86.4 Å². The van der Waals surface area contributed by atoms with E-state index in [1.54, 1.807) is 23.0 Å². The summed E-state index contributed by atoms with van der Waals surface area (Å²) in [7, 11) is 0. The Kier molecular flexibility index (Phi) is 2.45. The molecule has 15 heavy (non-hydrogen) atoms. The van der Waals surface area contributed by atoms with Gasteiger partial charge in [0, 0.05) is 12.4 Å². The van der Waals surface area contributed by atoms with Crippen molar-refractivity contribution in [3.63, 3.8) is 0 Å². The van der Waals surface area contributed by atoms with E-state index in [0.717, 1.165) is 0 Å². The molecule has 2 rings (SSSR count). The molecule has 0 aliphatic carbocycles. The van der Waals surface area contributed by atoms with Gasteiger partial charge >= 0.3 is 0 Å². The quantitative estimate of drug-likeness (QED) is 0.344. The van der Waals surface area contributed by atoms with Gasteiger partial charge in [0.2, 0.25) is 0 Å². The molecule has 0 saturated carbocycles. The van der Waals surface area contributed by atoms with Gasteiger partial charge < -0.3 is 19.9 Å². The minimum atomic E-state index is -0.403. The van der Waals surface area contributed by atoms with Crippen LogP contribution < -0.4 is 5.73 Å². The minimum absolute atomic E-state index is 0.0844. The van der Waals surface area contributed by atoms with Crippen LogP contribution >= 0.6 is 0 Å². The smallest absolute Gasteiger partial charge is 0.170 e. The third-order valence-corrected chi connectivity index (χ3v) is 2.13. The van der Waals surface area contributed by atoms with E-state index in [-0.39, 0.29) is 5.84 Å². The van der Waals surface area contributed by atoms with Crippen LogP contribution in [0.15, 0.2) is 52.5 Å². The first-order valence-electron chi connectivity index (χ1n) is 4.46. The molecule has 2 aromatic heterocycles. The Morgan fingerprint density at radius 2 is 2.13 bits per heavy atom. The molecule has 3 N–H and O–H groups in total. The van der Waals surface area contributed by atoms with E-state index in [4.69, 9.17) is 15.4 Å². The molecule has 0 aromatic carbocycles. The van der Waals surface area contributed by atoms with Gasteiger partial charge in [0.1, 0.15) is 5.76 Å². The van der Waals surface area contributed by atoms with E-state index in [2.05, 4.69) is 5.16 Å². The number of amidine groups is 1. The number of nitrogens with zero attached hydrogens (tertiary/aromatic N) is 2. The molecule has 0 amide bonds. The van der Waals surface area contributed by atoms with Gasteiger partial charge in [-0.15, -0.1) is 0 Å². The molecule has 0 spiro atoms. The van der Waals surface area contributed by atoms with E-state index in [1.165, 1.54) is 0 Å². The Morgan fingerprint density at radius 3 is 2.67 bits per heavy atom. The van der Waals surface area contributed by atoms with Crippen LogP contribution in [0.1, 0.15) is 11.8 Å². The summed E-state index contributed by atoms with van der Waals surface area (Å²) in [5.74, 6) is 0.711. The lowest BCUT2D eigenvalue weighted by atomic mass is 10.2. The van der Waals surface area contributed by atoms with Gasteiger partial charge in [-0.1, -0.05) is 5.16 Å². The number of rotatable bonds is 3. The van der Waals surface area contributed by atoms with Crippen LogP contribution in [0.2, 0.25) is 0 Å². The van der Waals surface area contributed by atoms with Crippen molar-refractivity contribution in [2.75, 3.05) is 0 Å². The highest BCUT2D eigenvalue weighted by Gasteiger charge is 2.20. The van der Waals surface area contributed by atoms with E-state index >= 15 is 0 Å². The topological polar surface area (TPSA) is 76.7 Å². The standard InChI is InChI=1S/C10H11N3O2/c11-10(12-14)9(8-4-3-7-15-8)13-5-1-2-6-13/h1-7,9,14H,(H2,11,12). The SMILES string of the molecule is N/C(=N\O)C(c1ccco1)n1cccc1. The first-order chi connectivity index (χ1) is 7.33. The third kappa shape index (κ3) is 1.71. The minimum Gasteiger partial charge on any atom is -0.467 e. The summed E-state index contributed by atoms with van der Waals surface area (Å²) >= 11 is 0. The van der Waals surface area contributed by atoms with Crippen LogP contribution in [-0.2, 0) is 0 Å². The van der Waals surface area contributed by atoms with E-state index in [0.29, 0.717) is 5.76 Å². The molecular weight excluding hydrogens is 194 g/mol. The molecular formula is C10H11N3O2. The molecule has 0 radical (unpaired) electrons. The second kappa shape index (κ2) is 3.91. The lowest BCUT2D eigenvalue weighted by molar-refractivity contribution is 0.313. The average Bonchev–Trinajstić information content (AvgIpc) is 2.90. The van der Waals surface area contributed by atoms with Crippen molar-refractivity contribution in [3.8, 4) is 0 Å². The zero-order chi connectivity index (χ0) is 10.7. The van der Waals surface area contributed by atoms with Gasteiger partial charge in [0.05, 0.1) is 6.26 Å². The summed E-state index contributed by atoms with van der Waals surface area (Å²) in [6, 6.07) is 6.86. The third-order valence-electron chi connectivity index (χ3n) is 2.13. The predicted molar refractivity (Wildman–Crippen MR) is 54.7 cm³/mol. The summed E-state index contributed by atoms with van der Waals surface area (Å²) in [5.41, 5.74) is 5.62. The van der Waals surface area contributed by atoms with Crippen molar-refractivity contribution in [2.24, 2.45) is 10.9 Å². The highest BCUT2D eigenvalue weighted by Crippen LogP contribution is 2.19. The molecule has 1 atom stereocenters. The first-order valence-corrected chi connectivity index (χ1v) is 4.46. The van der Waals surface area contributed by atoms with E-state index in [9.17, 15) is 0 Å². The fraction of sp³-hybridized carbons (Fsp3) is 0.100. The molecule has 1 unspecified atom stereocenters. The second-order valence-electron chi connectivity index (χ2n) is 3.07. The molecule has 2 aromatic rings. The molecule has 0 fully saturated rings. The Hall–Kier alpha value is -2.17. The van der Waals surface area contributed by atoms with Crippen LogP contribution in [0.4, 0.5) is 0 Å². The van der Waals surface area contributed by atoms with Crippen LogP contribution in [0.3, 0.4) is 0 Å². The van der Waals surface area contributed by atoms with Crippen molar-refractivity contribution < 1.29 is 9.62 Å². The number of aromatic nitrogens is 1. The Bertz CT molecular complexity index is 397. The van der Waals surface area contributed by atoms with E-state index in [1.807, 2.05) is 24.5 Å². The number of oxime groups is 1. The number of furan rings is 1. The maximum Gasteiger partial charge on any atom is 0.170 e. The van der Waals surface area contributed by atoms with Crippen LogP contribution in [0, 0.1) is 0 Å². The van der Waals surface area contributed by atoms with Crippen LogP contribution in [0.5, 0.6) is 0 Å². The lowest BCUT2D eigenvalue weighted by Gasteiger charge is -2.14. The summed E-state index contributed by atoms with van der Waals surface area (Å²) < 4.78 is 7.05. The molecule has 5 nitrogen and oxygen atoms in total. The average molecular weight is 205 g/mol. The highest BCUT2D eigenvalue weighted by atomic mass is 16.4. The van der Waals surface area contributed by atoms with Crippen LogP contribution in [-0.4, -0.2) is 15.6 Å². The second-order valence-corrected chi connectivity index (χ2v) is 3.07. The number of hydrogen-bond acceptors (Lipinski definition) is 3. The van der Waals surface area contributed by atoms with Gasteiger partial charge in [0.15, 0.2) is 11.9 Å². The zero-order valence-corrected chi connectivity index (χ0v) is 7.95. The van der Waals surface area contributed by atoms with Gasteiger partial charge in [-0.3, -0.25) is 0 Å². The summed E-state index contributed by atoms with van der Waals surface area (Å²) in [6.07, 6.45) is 5.20. The normalized spacial score (nSPS) is 14.0. The monoisotopic (exact) mass is 205 g/mol. The summed E-state index contributed by atoms with van der Waals surface area (Å²) in [5, 5.41) is 11.7. The van der Waals surface area contributed by atoms with Crippen LogP contribution in [0.25, 0.3) is 0 Å². The molecule has 0 saturated heterocycles. The molecule has 5 heteroatoms. The number of nitrogens with two attached hydrogens (primary N) is 1. The molecule has 0 aliphatic heterocycles. The number of hydrogen-bond donors (Lipinski definition) is 2. The maximum absolute atomic E-state index is 8.71. The molecule has 78 valence electrons. The van der Waals surface area contributed by atoms with Crippen molar-refractivity contribution in [1.82, 2.24) is 4.57 Å². The van der Waals surface area contributed by atoms with Crippen molar-refractivity contribution in [1.29, 1.82) is 0 Å².